The van der Waals surface area contributed by atoms with Gasteiger partial charge in [-0.2, -0.15) is 0 Å². The van der Waals surface area contributed by atoms with Gasteiger partial charge in [-0.3, -0.25) is 4.98 Å². The maximum atomic E-state index is 9.50. The molecule has 6 heteroatoms. The molecular formula is C16H16N4O2. The van der Waals surface area contributed by atoms with E-state index in [0.717, 1.165) is 22.7 Å². The van der Waals surface area contributed by atoms with Crippen LogP contribution in [0.3, 0.4) is 0 Å². The summed E-state index contributed by atoms with van der Waals surface area (Å²) < 4.78 is 7.14. The number of aromatic nitrogens is 4. The van der Waals surface area contributed by atoms with Crippen LogP contribution in [-0.4, -0.2) is 31.7 Å². The molecule has 0 aliphatic carbocycles. The molecule has 22 heavy (non-hydrogen) atoms. The smallest absolute Gasteiger partial charge is 0.119 e. The second-order valence-corrected chi connectivity index (χ2v) is 4.62. The Kier molecular flexibility index (Phi) is 4.11. The van der Waals surface area contributed by atoms with Crippen molar-refractivity contribution in [1.29, 1.82) is 0 Å². The number of nitrogens with zero attached hydrogens (tertiary/aromatic N) is 4. The molecule has 1 N–H and O–H groups in total. The molecule has 3 aromatic rings. The predicted molar refractivity (Wildman–Crippen MR) is 81.7 cm³/mol. The highest BCUT2D eigenvalue weighted by molar-refractivity contribution is 5.63. The van der Waals surface area contributed by atoms with Crippen molar-refractivity contribution in [2.75, 3.05) is 6.61 Å². The molecule has 112 valence electrons. The van der Waals surface area contributed by atoms with Gasteiger partial charge in [0, 0.05) is 18.0 Å². The van der Waals surface area contributed by atoms with Gasteiger partial charge in [0.05, 0.1) is 18.9 Å². The fraction of sp³-hybridized carbons (Fsp3) is 0.188. The quantitative estimate of drug-likeness (QED) is 0.781. The van der Waals surface area contributed by atoms with E-state index in [9.17, 15) is 5.11 Å². The van der Waals surface area contributed by atoms with Gasteiger partial charge >= 0.3 is 0 Å². The Balaban J connectivity index is 2.06. The van der Waals surface area contributed by atoms with Crippen molar-refractivity contribution in [1.82, 2.24) is 20.0 Å². The summed E-state index contributed by atoms with van der Waals surface area (Å²) in [4.78, 5) is 4.12. The molecular weight excluding hydrogens is 280 g/mol. The average molecular weight is 296 g/mol. The second-order valence-electron chi connectivity index (χ2n) is 4.62. The van der Waals surface area contributed by atoms with Gasteiger partial charge in [-0.25, -0.2) is 4.68 Å². The molecule has 0 bridgehead atoms. The molecule has 0 saturated carbocycles. The first-order chi connectivity index (χ1) is 10.8. The Bertz CT molecular complexity index is 739. The number of hydrogen-bond donors (Lipinski definition) is 1. The van der Waals surface area contributed by atoms with Crippen LogP contribution in [0.25, 0.3) is 16.9 Å². The summed E-state index contributed by atoms with van der Waals surface area (Å²) >= 11 is 0. The normalized spacial score (nSPS) is 10.6. The van der Waals surface area contributed by atoms with Crippen LogP contribution < -0.4 is 4.74 Å². The molecule has 0 radical (unpaired) electrons. The first kappa shape index (κ1) is 14.2. The highest BCUT2D eigenvalue weighted by Gasteiger charge is 2.15. The lowest BCUT2D eigenvalue weighted by Gasteiger charge is -2.08. The van der Waals surface area contributed by atoms with Crippen molar-refractivity contribution in [3.8, 4) is 22.7 Å². The van der Waals surface area contributed by atoms with Crippen LogP contribution in [0.2, 0.25) is 0 Å². The summed E-state index contributed by atoms with van der Waals surface area (Å²) in [5.74, 6) is 0.802. The fourth-order valence-electron chi connectivity index (χ4n) is 2.24. The lowest BCUT2D eigenvalue weighted by Crippen LogP contribution is -2.01. The first-order valence-corrected chi connectivity index (χ1v) is 7.02. The SMILES string of the molecule is CCOc1ccc(-n2nnc(CO)c2-c2cccnc2)cc1. The number of benzene rings is 1. The largest absolute Gasteiger partial charge is 0.494 e. The number of aliphatic hydroxyl groups is 1. The molecule has 0 saturated heterocycles. The third-order valence-electron chi connectivity index (χ3n) is 3.22. The van der Waals surface area contributed by atoms with Crippen LogP contribution in [0.1, 0.15) is 12.6 Å². The molecule has 0 spiro atoms. The Hall–Kier alpha value is -2.73. The minimum atomic E-state index is -0.179. The molecule has 0 fully saturated rings. The minimum Gasteiger partial charge on any atom is -0.494 e. The van der Waals surface area contributed by atoms with Gasteiger partial charge in [0.15, 0.2) is 0 Å². The van der Waals surface area contributed by atoms with Crippen molar-refractivity contribution in [3.05, 3.63) is 54.5 Å². The van der Waals surface area contributed by atoms with Crippen LogP contribution in [-0.2, 0) is 6.61 Å². The molecule has 2 aromatic heterocycles. The van der Waals surface area contributed by atoms with E-state index >= 15 is 0 Å². The maximum absolute atomic E-state index is 9.50. The standard InChI is InChI=1S/C16H16N4O2/c1-2-22-14-7-5-13(6-8-14)20-16(15(11-21)18-19-20)12-4-3-9-17-10-12/h3-10,21H,2,11H2,1H3. The summed E-state index contributed by atoms with van der Waals surface area (Å²) in [5.41, 5.74) is 2.95. The van der Waals surface area contributed by atoms with E-state index in [4.69, 9.17) is 4.74 Å². The highest BCUT2D eigenvalue weighted by atomic mass is 16.5. The molecule has 6 nitrogen and oxygen atoms in total. The van der Waals surface area contributed by atoms with Gasteiger partial charge in [-0.15, -0.1) is 5.10 Å². The van der Waals surface area contributed by atoms with E-state index in [1.165, 1.54) is 0 Å². The van der Waals surface area contributed by atoms with Crippen molar-refractivity contribution in [3.63, 3.8) is 0 Å². The van der Waals surface area contributed by atoms with Crippen molar-refractivity contribution >= 4 is 0 Å². The second kappa shape index (κ2) is 6.36. The van der Waals surface area contributed by atoms with Crippen LogP contribution in [0.4, 0.5) is 0 Å². The monoisotopic (exact) mass is 296 g/mol. The van der Waals surface area contributed by atoms with Gasteiger partial charge < -0.3 is 9.84 Å². The molecule has 1 aromatic carbocycles. The summed E-state index contributed by atoms with van der Waals surface area (Å²) in [5, 5.41) is 17.7. The van der Waals surface area contributed by atoms with Crippen molar-refractivity contribution < 1.29 is 9.84 Å². The molecule has 0 aliphatic rings. The van der Waals surface area contributed by atoms with Gasteiger partial charge in [0.2, 0.25) is 0 Å². The van der Waals surface area contributed by atoms with E-state index in [1.807, 2.05) is 43.3 Å². The zero-order valence-electron chi connectivity index (χ0n) is 12.2. The lowest BCUT2D eigenvalue weighted by atomic mass is 10.1. The Morgan fingerprint density at radius 1 is 1.18 bits per heavy atom. The zero-order chi connectivity index (χ0) is 15.4. The highest BCUT2D eigenvalue weighted by Crippen LogP contribution is 2.25. The van der Waals surface area contributed by atoms with E-state index in [-0.39, 0.29) is 6.61 Å². The topological polar surface area (TPSA) is 73.1 Å². The summed E-state index contributed by atoms with van der Waals surface area (Å²) in [6.45, 7) is 2.39. The first-order valence-electron chi connectivity index (χ1n) is 7.02. The van der Waals surface area contributed by atoms with Gasteiger partial charge in [0.25, 0.3) is 0 Å². The van der Waals surface area contributed by atoms with Gasteiger partial charge in [0.1, 0.15) is 17.1 Å². The Morgan fingerprint density at radius 2 is 2.00 bits per heavy atom. The molecule has 0 amide bonds. The molecule has 0 atom stereocenters. The molecule has 0 aliphatic heterocycles. The average Bonchev–Trinajstić information content (AvgIpc) is 3.00. The summed E-state index contributed by atoms with van der Waals surface area (Å²) in [6, 6.07) is 11.3. The third kappa shape index (κ3) is 2.68. The van der Waals surface area contributed by atoms with Crippen LogP contribution in [0, 0.1) is 0 Å². The summed E-state index contributed by atoms with van der Waals surface area (Å²) in [6.07, 6.45) is 3.43. The van der Waals surface area contributed by atoms with Crippen LogP contribution in [0.5, 0.6) is 5.75 Å². The van der Waals surface area contributed by atoms with E-state index in [0.29, 0.717) is 12.3 Å². The summed E-state index contributed by atoms with van der Waals surface area (Å²) in [7, 11) is 0. The fourth-order valence-corrected chi connectivity index (χ4v) is 2.24. The van der Waals surface area contributed by atoms with E-state index in [1.54, 1.807) is 17.1 Å². The Morgan fingerprint density at radius 3 is 2.64 bits per heavy atom. The molecule has 3 rings (SSSR count). The third-order valence-corrected chi connectivity index (χ3v) is 3.22. The van der Waals surface area contributed by atoms with E-state index < -0.39 is 0 Å². The number of rotatable bonds is 5. The van der Waals surface area contributed by atoms with E-state index in [2.05, 4.69) is 15.3 Å². The predicted octanol–water partition coefficient (Wildman–Crippen LogP) is 2.22. The lowest BCUT2D eigenvalue weighted by molar-refractivity contribution is 0.277. The minimum absolute atomic E-state index is 0.179. The van der Waals surface area contributed by atoms with Crippen LogP contribution >= 0.6 is 0 Å². The Labute approximate surface area is 128 Å². The maximum Gasteiger partial charge on any atom is 0.119 e. The zero-order valence-corrected chi connectivity index (χ0v) is 12.2. The van der Waals surface area contributed by atoms with Gasteiger partial charge in [-0.1, -0.05) is 5.21 Å². The number of hydrogen-bond acceptors (Lipinski definition) is 5. The number of pyridine rings is 1. The number of aliphatic hydroxyl groups excluding tert-OH is 1. The molecule has 2 heterocycles. The van der Waals surface area contributed by atoms with Crippen molar-refractivity contribution in [2.45, 2.75) is 13.5 Å². The molecule has 0 unspecified atom stereocenters. The van der Waals surface area contributed by atoms with Crippen molar-refractivity contribution in [2.24, 2.45) is 0 Å². The van der Waals surface area contributed by atoms with Gasteiger partial charge in [-0.05, 0) is 43.3 Å². The number of ether oxygens (including phenoxy) is 1. The van der Waals surface area contributed by atoms with Crippen LogP contribution in [0.15, 0.2) is 48.8 Å².